The number of para-hydroxylation sites is 1. The van der Waals surface area contributed by atoms with Crippen LogP contribution in [0.15, 0.2) is 72.8 Å². The minimum Gasteiger partial charge on any atom is -0.452 e. The van der Waals surface area contributed by atoms with Crippen molar-refractivity contribution in [1.82, 2.24) is 4.98 Å². The number of rotatable bonds is 5. The summed E-state index contributed by atoms with van der Waals surface area (Å²) >= 11 is 0. The molecule has 5 nitrogen and oxygen atoms in total. The van der Waals surface area contributed by atoms with E-state index in [9.17, 15) is 14.0 Å². The van der Waals surface area contributed by atoms with Crippen LogP contribution in [0.3, 0.4) is 0 Å². The first-order chi connectivity index (χ1) is 15.4. The van der Waals surface area contributed by atoms with Crippen LogP contribution in [0, 0.1) is 19.7 Å². The maximum absolute atomic E-state index is 13.3. The lowest BCUT2D eigenvalue weighted by molar-refractivity contribution is -0.119. The minimum absolute atomic E-state index is 0.286. The molecular weight excluding hydrogens is 407 g/mol. The lowest BCUT2D eigenvalue weighted by atomic mass is 10.0. The molecule has 3 aromatic carbocycles. The first kappa shape index (κ1) is 21.2. The van der Waals surface area contributed by atoms with Gasteiger partial charge in [-0.05, 0) is 73.5 Å². The number of hydrogen-bond acceptors (Lipinski definition) is 4. The van der Waals surface area contributed by atoms with Crippen LogP contribution in [0.1, 0.15) is 21.5 Å². The van der Waals surface area contributed by atoms with Gasteiger partial charge in [-0.3, -0.25) is 4.79 Å². The normalized spacial score (nSPS) is 10.7. The summed E-state index contributed by atoms with van der Waals surface area (Å²) in [6, 6.07) is 20.2. The van der Waals surface area contributed by atoms with Gasteiger partial charge in [0, 0.05) is 16.6 Å². The predicted molar refractivity (Wildman–Crippen MR) is 122 cm³/mol. The van der Waals surface area contributed by atoms with Gasteiger partial charge in [0.25, 0.3) is 5.91 Å². The van der Waals surface area contributed by atoms with Gasteiger partial charge in [-0.1, -0.05) is 24.3 Å². The molecular formula is C26H21FN2O3. The highest BCUT2D eigenvalue weighted by Crippen LogP contribution is 2.25. The number of nitrogens with one attached hydrogen (secondary N) is 1. The third kappa shape index (κ3) is 4.64. The predicted octanol–water partition coefficient (Wildman–Crippen LogP) is 5.45. The summed E-state index contributed by atoms with van der Waals surface area (Å²) in [5.74, 6) is -1.43. The third-order valence-corrected chi connectivity index (χ3v) is 5.20. The van der Waals surface area contributed by atoms with Crippen LogP contribution < -0.4 is 5.32 Å². The zero-order valence-electron chi connectivity index (χ0n) is 17.7. The number of aromatic nitrogens is 1. The lowest BCUT2D eigenvalue weighted by Crippen LogP contribution is -2.21. The summed E-state index contributed by atoms with van der Waals surface area (Å²) in [5.41, 5.74) is 4.87. The zero-order valence-corrected chi connectivity index (χ0v) is 17.7. The van der Waals surface area contributed by atoms with Crippen LogP contribution in [0.4, 0.5) is 10.1 Å². The van der Waals surface area contributed by atoms with Crippen LogP contribution in [0.5, 0.6) is 0 Å². The Balaban J connectivity index is 1.55. The maximum atomic E-state index is 13.3. The number of carbonyl (C=O) groups is 2. The molecule has 160 valence electrons. The largest absolute Gasteiger partial charge is 0.452 e. The van der Waals surface area contributed by atoms with Crippen molar-refractivity contribution in [3.63, 3.8) is 0 Å². The first-order valence-electron chi connectivity index (χ1n) is 10.1. The van der Waals surface area contributed by atoms with Gasteiger partial charge in [-0.25, -0.2) is 14.2 Å². The van der Waals surface area contributed by atoms with E-state index in [2.05, 4.69) is 10.3 Å². The molecule has 0 aliphatic carbocycles. The van der Waals surface area contributed by atoms with Crippen molar-refractivity contribution in [3.05, 3.63) is 95.3 Å². The van der Waals surface area contributed by atoms with E-state index in [0.29, 0.717) is 27.8 Å². The molecule has 4 aromatic rings. The molecule has 1 N–H and O–H groups in total. The molecule has 0 fully saturated rings. The summed E-state index contributed by atoms with van der Waals surface area (Å²) in [4.78, 5) is 29.7. The molecule has 1 aromatic heterocycles. The van der Waals surface area contributed by atoms with Gasteiger partial charge in [-0.15, -0.1) is 0 Å². The lowest BCUT2D eigenvalue weighted by Gasteiger charge is -2.11. The summed E-state index contributed by atoms with van der Waals surface area (Å²) < 4.78 is 18.6. The van der Waals surface area contributed by atoms with E-state index in [0.717, 1.165) is 11.1 Å². The molecule has 0 saturated carbocycles. The number of nitrogens with zero attached hydrogens (tertiary/aromatic N) is 1. The van der Waals surface area contributed by atoms with Crippen molar-refractivity contribution in [2.75, 3.05) is 11.9 Å². The molecule has 0 aliphatic heterocycles. The molecule has 0 spiro atoms. The van der Waals surface area contributed by atoms with E-state index in [-0.39, 0.29) is 11.4 Å². The van der Waals surface area contributed by atoms with Gasteiger partial charge in [0.1, 0.15) is 5.82 Å². The highest BCUT2D eigenvalue weighted by Gasteiger charge is 2.17. The number of hydrogen-bond donors (Lipinski definition) is 1. The molecule has 0 radical (unpaired) electrons. The van der Waals surface area contributed by atoms with Crippen LogP contribution in [0.2, 0.25) is 0 Å². The number of halogens is 1. The molecule has 32 heavy (non-hydrogen) atoms. The quantitative estimate of drug-likeness (QED) is 0.429. The molecule has 4 rings (SSSR count). The fourth-order valence-corrected chi connectivity index (χ4v) is 3.34. The molecule has 1 heterocycles. The Bertz CT molecular complexity index is 1320. The Kier molecular flexibility index (Phi) is 5.94. The van der Waals surface area contributed by atoms with Crippen LogP contribution in [-0.4, -0.2) is 23.5 Å². The zero-order chi connectivity index (χ0) is 22.7. The number of benzene rings is 3. The van der Waals surface area contributed by atoms with Crippen LogP contribution in [0.25, 0.3) is 22.2 Å². The van der Waals surface area contributed by atoms with Crippen molar-refractivity contribution in [2.45, 2.75) is 13.8 Å². The average molecular weight is 428 g/mol. The Hall–Kier alpha value is -4.06. The van der Waals surface area contributed by atoms with E-state index < -0.39 is 18.5 Å². The highest BCUT2D eigenvalue weighted by molar-refractivity contribution is 6.05. The number of pyridine rings is 1. The Morgan fingerprint density at radius 3 is 2.44 bits per heavy atom. The second-order valence-corrected chi connectivity index (χ2v) is 7.50. The van der Waals surface area contributed by atoms with Crippen molar-refractivity contribution < 1.29 is 18.7 Å². The summed E-state index contributed by atoms with van der Waals surface area (Å²) in [6.45, 7) is 3.52. The van der Waals surface area contributed by atoms with E-state index in [1.165, 1.54) is 12.1 Å². The Morgan fingerprint density at radius 1 is 0.938 bits per heavy atom. The maximum Gasteiger partial charge on any atom is 0.339 e. The molecule has 0 atom stereocenters. The topological polar surface area (TPSA) is 68.3 Å². The average Bonchev–Trinajstić information content (AvgIpc) is 2.79. The number of fused-ring (bicyclic) bond motifs is 1. The third-order valence-electron chi connectivity index (χ3n) is 5.20. The van der Waals surface area contributed by atoms with Gasteiger partial charge in [0.2, 0.25) is 0 Å². The minimum atomic E-state index is -0.637. The standard InChI is InChI=1S/C26H21FN2O3/c1-16-7-12-20(13-17(16)2)28-25(30)15-32-26(31)22-14-24(18-8-10-19(27)11-9-18)29-23-6-4-3-5-21(22)23/h3-14H,15H2,1-2H3,(H,28,30). The monoisotopic (exact) mass is 428 g/mol. The van der Waals surface area contributed by atoms with Crippen molar-refractivity contribution in [2.24, 2.45) is 0 Å². The van der Waals surface area contributed by atoms with Crippen molar-refractivity contribution in [3.8, 4) is 11.3 Å². The van der Waals surface area contributed by atoms with Gasteiger partial charge in [0.05, 0.1) is 16.8 Å². The number of ether oxygens (including phenoxy) is 1. The summed E-state index contributed by atoms with van der Waals surface area (Å²) in [6.07, 6.45) is 0. The van der Waals surface area contributed by atoms with Gasteiger partial charge < -0.3 is 10.1 Å². The molecule has 1 amide bonds. The molecule has 0 unspecified atom stereocenters. The fraction of sp³-hybridized carbons (Fsp3) is 0.115. The summed E-state index contributed by atoms with van der Waals surface area (Å²) in [7, 11) is 0. The number of amides is 1. The first-order valence-corrected chi connectivity index (χ1v) is 10.1. The number of aryl methyl sites for hydroxylation is 2. The second-order valence-electron chi connectivity index (χ2n) is 7.50. The number of carbonyl (C=O) groups excluding carboxylic acids is 2. The van der Waals surface area contributed by atoms with Crippen molar-refractivity contribution in [1.29, 1.82) is 0 Å². The number of esters is 1. The molecule has 0 saturated heterocycles. The van der Waals surface area contributed by atoms with E-state index >= 15 is 0 Å². The number of anilines is 1. The van der Waals surface area contributed by atoms with E-state index in [1.807, 2.05) is 32.0 Å². The smallest absolute Gasteiger partial charge is 0.339 e. The second kappa shape index (κ2) is 8.98. The van der Waals surface area contributed by atoms with Gasteiger partial charge in [-0.2, -0.15) is 0 Å². The summed E-state index contributed by atoms with van der Waals surface area (Å²) in [5, 5.41) is 3.34. The molecule has 0 bridgehead atoms. The SMILES string of the molecule is Cc1ccc(NC(=O)COC(=O)c2cc(-c3ccc(F)cc3)nc3ccccc23)cc1C. The Labute approximate surface area is 184 Å². The van der Waals surface area contributed by atoms with Crippen molar-refractivity contribution >= 4 is 28.5 Å². The van der Waals surface area contributed by atoms with E-state index in [1.54, 1.807) is 42.5 Å². The van der Waals surface area contributed by atoms with Crippen LogP contribution >= 0.6 is 0 Å². The molecule has 6 heteroatoms. The Morgan fingerprint density at radius 2 is 1.69 bits per heavy atom. The van der Waals surface area contributed by atoms with Crippen LogP contribution in [-0.2, 0) is 9.53 Å². The van der Waals surface area contributed by atoms with Gasteiger partial charge in [0.15, 0.2) is 6.61 Å². The van der Waals surface area contributed by atoms with E-state index in [4.69, 9.17) is 4.74 Å². The fourth-order valence-electron chi connectivity index (χ4n) is 3.34. The van der Waals surface area contributed by atoms with Gasteiger partial charge >= 0.3 is 5.97 Å². The molecule has 0 aliphatic rings. The highest BCUT2D eigenvalue weighted by atomic mass is 19.1.